The smallest absolute Gasteiger partial charge is 0.244 e. The van der Waals surface area contributed by atoms with E-state index in [1.54, 1.807) is 35.2 Å². The third kappa shape index (κ3) is 5.09. The minimum atomic E-state index is -0.285. The molecule has 1 aliphatic rings. The number of rotatable bonds is 6. The summed E-state index contributed by atoms with van der Waals surface area (Å²) >= 11 is 3.28. The van der Waals surface area contributed by atoms with Gasteiger partial charge in [0, 0.05) is 27.7 Å². The van der Waals surface area contributed by atoms with Crippen LogP contribution in [0, 0.1) is 12.7 Å². The van der Waals surface area contributed by atoms with Crippen LogP contribution in [-0.2, 0) is 11.4 Å². The number of fused-ring (bicyclic) bond motifs is 1. The Morgan fingerprint density at radius 3 is 3.03 bits per heavy atom. The topological polar surface area (TPSA) is 51.2 Å². The first-order valence-electron chi connectivity index (χ1n) is 9.62. The maximum absolute atomic E-state index is 13.7. The maximum Gasteiger partial charge on any atom is 0.244 e. The molecule has 1 aromatic heterocycles. The van der Waals surface area contributed by atoms with Crippen LogP contribution in [-0.4, -0.2) is 16.6 Å². The number of thiazole rings is 1. The van der Waals surface area contributed by atoms with E-state index in [4.69, 9.17) is 4.74 Å². The van der Waals surface area contributed by atoms with E-state index in [-0.39, 0.29) is 17.8 Å². The predicted octanol–water partition coefficient (Wildman–Crippen LogP) is 5.54. The van der Waals surface area contributed by atoms with E-state index in [0.29, 0.717) is 12.4 Å². The molecule has 0 saturated heterocycles. The van der Waals surface area contributed by atoms with Gasteiger partial charge in [-0.25, -0.2) is 9.37 Å². The van der Waals surface area contributed by atoms with E-state index in [9.17, 15) is 9.18 Å². The Labute approximate surface area is 183 Å². The molecule has 1 N–H and O–H groups in total. The van der Waals surface area contributed by atoms with Crippen molar-refractivity contribution in [1.29, 1.82) is 0 Å². The van der Waals surface area contributed by atoms with E-state index >= 15 is 0 Å². The molecule has 30 heavy (non-hydrogen) atoms. The van der Waals surface area contributed by atoms with Crippen LogP contribution in [0.25, 0.3) is 6.08 Å². The summed E-state index contributed by atoms with van der Waals surface area (Å²) in [5.74, 6) is 1.08. The number of carbonyl (C=O) groups excluding carboxylic acids is 1. The van der Waals surface area contributed by atoms with E-state index in [1.165, 1.54) is 18.2 Å². The van der Waals surface area contributed by atoms with Crippen molar-refractivity contribution >= 4 is 35.1 Å². The minimum Gasteiger partial charge on any atom is -0.487 e. The number of benzene rings is 2. The summed E-state index contributed by atoms with van der Waals surface area (Å²) < 4.78 is 19.6. The van der Waals surface area contributed by atoms with E-state index in [2.05, 4.69) is 10.3 Å². The van der Waals surface area contributed by atoms with Gasteiger partial charge in [-0.2, -0.15) is 0 Å². The summed E-state index contributed by atoms with van der Waals surface area (Å²) in [5.41, 5.74) is 2.54. The SMILES string of the molecule is Cc1nc(COc2ccccc2/C=C/C(=O)NC2CCSc3ccc(F)cc32)cs1. The number of thioether (sulfide) groups is 1. The number of carbonyl (C=O) groups is 1. The molecule has 0 spiro atoms. The Morgan fingerprint density at radius 2 is 2.20 bits per heavy atom. The van der Waals surface area contributed by atoms with Gasteiger partial charge in [0.05, 0.1) is 16.7 Å². The van der Waals surface area contributed by atoms with Crippen molar-refractivity contribution in [2.24, 2.45) is 0 Å². The summed E-state index contributed by atoms with van der Waals surface area (Å²) in [6, 6.07) is 12.1. The number of halogens is 1. The lowest BCUT2D eigenvalue weighted by molar-refractivity contribution is -0.117. The monoisotopic (exact) mass is 440 g/mol. The number of para-hydroxylation sites is 1. The first-order valence-corrected chi connectivity index (χ1v) is 11.5. The van der Waals surface area contributed by atoms with Crippen LogP contribution in [0.5, 0.6) is 5.75 Å². The van der Waals surface area contributed by atoms with Crippen molar-refractivity contribution in [2.45, 2.75) is 30.9 Å². The highest BCUT2D eigenvalue weighted by atomic mass is 32.2. The van der Waals surface area contributed by atoms with Gasteiger partial charge in [-0.1, -0.05) is 18.2 Å². The number of hydrogen-bond acceptors (Lipinski definition) is 5. The first-order chi connectivity index (χ1) is 14.6. The highest BCUT2D eigenvalue weighted by Gasteiger charge is 2.22. The van der Waals surface area contributed by atoms with Crippen LogP contribution in [0.3, 0.4) is 0 Å². The summed E-state index contributed by atoms with van der Waals surface area (Å²) in [6.07, 6.45) is 4.00. The third-order valence-electron chi connectivity index (χ3n) is 4.70. The highest BCUT2D eigenvalue weighted by Crippen LogP contribution is 2.36. The lowest BCUT2D eigenvalue weighted by atomic mass is 10.0. The molecule has 2 heterocycles. The van der Waals surface area contributed by atoms with Gasteiger partial charge < -0.3 is 10.1 Å². The second-order valence-electron chi connectivity index (χ2n) is 6.90. The molecule has 154 valence electrons. The van der Waals surface area contributed by atoms with Gasteiger partial charge in [-0.3, -0.25) is 4.79 Å². The zero-order valence-corrected chi connectivity index (χ0v) is 18.1. The minimum absolute atomic E-state index is 0.187. The molecule has 1 unspecified atom stereocenters. The van der Waals surface area contributed by atoms with E-state index < -0.39 is 0 Å². The summed E-state index contributed by atoms with van der Waals surface area (Å²) in [4.78, 5) is 17.9. The standard InChI is InChI=1S/C23H21FN2O2S2/c1-15-25-18(14-30-15)13-28-21-5-3-2-4-16(21)6-9-23(27)26-20-10-11-29-22-8-7-17(24)12-19(20)22/h2-9,12,14,20H,10-11,13H2,1H3,(H,26,27)/b9-6+. The normalized spacial score (nSPS) is 15.7. The van der Waals surface area contributed by atoms with Gasteiger partial charge in [0.2, 0.25) is 5.91 Å². The van der Waals surface area contributed by atoms with Crippen LogP contribution in [0.4, 0.5) is 4.39 Å². The fourth-order valence-electron chi connectivity index (χ4n) is 3.28. The molecule has 0 bridgehead atoms. The number of nitrogens with one attached hydrogen (secondary N) is 1. The van der Waals surface area contributed by atoms with Crippen LogP contribution >= 0.6 is 23.1 Å². The molecule has 3 aromatic rings. The van der Waals surface area contributed by atoms with Crippen molar-refractivity contribution in [2.75, 3.05) is 5.75 Å². The molecule has 2 aromatic carbocycles. The molecule has 0 radical (unpaired) electrons. The molecule has 0 aliphatic carbocycles. The van der Waals surface area contributed by atoms with Crippen LogP contribution in [0.15, 0.2) is 58.8 Å². The van der Waals surface area contributed by atoms with Crippen LogP contribution in [0.1, 0.15) is 34.3 Å². The van der Waals surface area contributed by atoms with E-state index in [1.807, 2.05) is 36.6 Å². The number of aromatic nitrogens is 1. The molecule has 0 fully saturated rings. The van der Waals surface area contributed by atoms with Gasteiger partial charge in [0.1, 0.15) is 18.2 Å². The first kappa shape index (κ1) is 20.6. The van der Waals surface area contributed by atoms with Gasteiger partial charge in [-0.05, 0) is 49.2 Å². The van der Waals surface area contributed by atoms with Gasteiger partial charge in [-0.15, -0.1) is 23.1 Å². The Hall–Kier alpha value is -2.64. The average Bonchev–Trinajstić information content (AvgIpc) is 3.17. The quantitative estimate of drug-likeness (QED) is 0.512. The molecular weight excluding hydrogens is 419 g/mol. The third-order valence-corrected chi connectivity index (χ3v) is 6.65. The van der Waals surface area contributed by atoms with Crippen molar-refractivity contribution in [3.63, 3.8) is 0 Å². The number of aryl methyl sites for hydroxylation is 1. The second-order valence-corrected chi connectivity index (χ2v) is 9.10. The zero-order valence-electron chi connectivity index (χ0n) is 16.4. The average molecular weight is 441 g/mol. The molecule has 1 amide bonds. The van der Waals surface area contributed by atoms with Gasteiger partial charge in [0.25, 0.3) is 0 Å². The van der Waals surface area contributed by atoms with Crippen LogP contribution in [0.2, 0.25) is 0 Å². The number of nitrogens with zero attached hydrogens (tertiary/aromatic N) is 1. The largest absolute Gasteiger partial charge is 0.487 e. The van der Waals surface area contributed by atoms with Crippen molar-refractivity contribution in [1.82, 2.24) is 10.3 Å². The van der Waals surface area contributed by atoms with Crippen molar-refractivity contribution in [3.05, 3.63) is 81.6 Å². The maximum atomic E-state index is 13.7. The summed E-state index contributed by atoms with van der Waals surface area (Å²) in [7, 11) is 0. The number of ether oxygens (including phenoxy) is 1. The Bertz CT molecular complexity index is 1080. The number of amides is 1. The highest BCUT2D eigenvalue weighted by molar-refractivity contribution is 7.99. The number of hydrogen-bond donors (Lipinski definition) is 1. The molecule has 4 nitrogen and oxygen atoms in total. The lowest BCUT2D eigenvalue weighted by Crippen LogP contribution is -2.29. The Balaban J connectivity index is 1.42. The molecule has 0 saturated carbocycles. The second kappa shape index (κ2) is 9.45. The van der Waals surface area contributed by atoms with Crippen LogP contribution < -0.4 is 10.1 Å². The zero-order chi connectivity index (χ0) is 20.9. The lowest BCUT2D eigenvalue weighted by Gasteiger charge is -2.25. The Kier molecular flexibility index (Phi) is 6.50. The molecular formula is C23H21FN2O2S2. The van der Waals surface area contributed by atoms with Gasteiger partial charge >= 0.3 is 0 Å². The van der Waals surface area contributed by atoms with Crippen molar-refractivity contribution < 1.29 is 13.9 Å². The fourth-order valence-corrected chi connectivity index (χ4v) is 4.98. The summed E-state index contributed by atoms with van der Waals surface area (Å²) in [6.45, 7) is 2.34. The summed E-state index contributed by atoms with van der Waals surface area (Å²) in [5, 5.41) is 5.97. The van der Waals surface area contributed by atoms with E-state index in [0.717, 1.165) is 38.9 Å². The molecule has 1 aliphatic heterocycles. The van der Waals surface area contributed by atoms with Gasteiger partial charge in [0.15, 0.2) is 0 Å². The molecule has 7 heteroatoms. The fraction of sp³-hybridized carbons (Fsp3) is 0.217. The molecule has 1 atom stereocenters. The Morgan fingerprint density at radius 1 is 1.33 bits per heavy atom. The van der Waals surface area contributed by atoms with Crippen molar-refractivity contribution in [3.8, 4) is 5.75 Å². The molecule has 4 rings (SSSR count). The predicted molar refractivity (Wildman–Crippen MR) is 119 cm³/mol.